The van der Waals surface area contributed by atoms with E-state index < -0.39 is 0 Å². The van der Waals surface area contributed by atoms with Crippen LogP contribution in [-0.2, 0) is 4.79 Å². The number of para-hydroxylation sites is 2. The molecule has 0 spiro atoms. The van der Waals surface area contributed by atoms with Crippen LogP contribution >= 0.6 is 11.3 Å². The Bertz CT molecular complexity index is 964. The van der Waals surface area contributed by atoms with E-state index >= 15 is 0 Å². The van der Waals surface area contributed by atoms with E-state index in [4.69, 9.17) is 4.74 Å². The lowest BCUT2D eigenvalue weighted by atomic mass is 9.95. The van der Waals surface area contributed by atoms with Gasteiger partial charge in [0.2, 0.25) is 5.91 Å². The molecule has 27 heavy (non-hydrogen) atoms. The monoisotopic (exact) mass is 382 g/mol. The third-order valence-electron chi connectivity index (χ3n) is 4.96. The summed E-state index contributed by atoms with van der Waals surface area (Å²) in [4.78, 5) is 26.1. The Balaban J connectivity index is 1.43. The van der Waals surface area contributed by atoms with Crippen LogP contribution in [0.2, 0.25) is 0 Å². The topological polar surface area (TPSA) is 67.3 Å². The van der Waals surface area contributed by atoms with Crippen LogP contribution in [0, 0.1) is 12.8 Å². The highest BCUT2D eigenvalue weighted by molar-refractivity contribution is 7.18. The third-order valence-corrected chi connectivity index (χ3v) is 5.92. The first-order chi connectivity index (χ1) is 13.2. The fraction of sp³-hybridized carbons (Fsp3) is 0.350. The number of hydrogen-bond acceptors (Lipinski definition) is 6. The number of anilines is 2. The Morgan fingerprint density at radius 2 is 2.04 bits per heavy atom. The number of nitrogens with one attached hydrogen (secondary N) is 1. The van der Waals surface area contributed by atoms with E-state index in [1.54, 1.807) is 24.8 Å². The van der Waals surface area contributed by atoms with E-state index in [1.807, 2.05) is 24.3 Å². The fourth-order valence-electron chi connectivity index (χ4n) is 3.55. The summed E-state index contributed by atoms with van der Waals surface area (Å²) in [5.74, 6) is 1.71. The predicted octanol–water partition coefficient (Wildman–Crippen LogP) is 3.86. The van der Waals surface area contributed by atoms with Crippen molar-refractivity contribution >= 4 is 39.0 Å². The van der Waals surface area contributed by atoms with Gasteiger partial charge in [0.05, 0.1) is 18.2 Å². The number of methoxy groups -OCH3 is 1. The standard InChI is InChI=1S/C20H22N4O2S/c1-13-11-15-18(21-12-22-20(15)27-13)24-9-7-14(8-10-24)19(25)23-16-5-3-4-6-17(16)26-2/h3-6,11-12,14H,7-10H2,1-2H3,(H,23,25). The van der Waals surface area contributed by atoms with E-state index in [-0.39, 0.29) is 11.8 Å². The minimum Gasteiger partial charge on any atom is -0.495 e. The van der Waals surface area contributed by atoms with E-state index in [9.17, 15) is 4.79 Å². The molecule has 0 saturated carbocycles. The molecule has 3 aromatic rings. The van der Waals surface area contributed by atoms with Gasteiger partial charge in [-0.1, -0.05) is 12.1 Å². The molecule has 4 rings (SSSR count). The Hall–Kier alpha value is -2.67. The fourth-order valence-corrected chi connectivity index (χ4v) is 4.39. The van der Waals surface area contributed by atoms with Gasteiger partial charge in [-0.25, -0.2) is 9.97 Å². The summed E-state index contributed by atoms with van der Waals surface area (Å²) in [6.45, 7) is 3.71. The maximum Gasteiger partial charge on any atom is 0.227 e. The van der Waals surface area contributed by atoms with Crippen LogP contribution in [0.1, 0.15) is 17.7 Å². The number of aromatic nitrogens is 2. The first-order valence-electron chi connectivity index (χ1n) is 9.05. The van der Waals surface area contributed by atoms with Crippen molar-refractivity contribution in [3.05, 3.63) is 41.5 Å². The highest BCUT2D eigenvalue weighted by Crippen LogP contribution is 2.32. The van der Waals surface area contributed by atoms with E-state index in [0.717, 1.165) is 47.7 Å². The van der Waals surface area contributed by atoms with Crippen molar-refractivity contribution in [3.8, 4) is 5.75 Å². The van der Waals surface area contributed by atoms with Gasteiger partial charge in [0.25, 0.3) is 0 Å². The Morgan fingerprint density at radius 3 is 2.81 bits per heavy atom. The second kappa shape index (κ2) is 7.52. The van der Waals surface area contributed by atoms with Crippen molar-refractivity contribution in [1.29, 1.82) is 0 Å². The van der Waals surface area contributed by atoms with E-state index in [1.165, 1.54) is 4.88 Å². The normalized spacial score (nSPS) is 15.1. The molecular weight excluding hydrogens is 360 g/mol. The Labute approximate surface area is 162 Å². The molecule has 0 radical (unpaired) electrons. The molecule has 0 aliphatic carbocycles. The van der Waals surface area contributed by atoms with E-state index in [0.29, 0.717) is 5.75 Å². The summed E-state index contributed by atoms with van der Waals surface area (Å²) in [5.41, 5.74) is 0.721. The number of amides is 1. The summed E-state index contributed by atoms with van der Waals surface area (Å²) in [7, 11) is 1.61. The minimum atomic E-state index is -0.00676. The summed E-state index contributed by atoms with van der Waals surface area (Å²) in [5, 5.41) is 4.12. The molecule has 2 aromatic heterocycles. The molecule has 6 nitrogen and oxygen atoms in total. The zero-order valence-electron chi connectivity index (χ0n) is 15.4. The van der Waals surface area contributed by atoms with Crippen molar-refractivity contribution in [2.24, 2.45) is 5.92 Å². The molecule has 1 fully saturated rings. The molecule has 1 N–H and O–H groups in total. The summed E-state index contributed by atoms with van der Waals surface area (Å²) in [6, 6.07) is 9.64. The molecule has 0 atom stereocenters. The average molecular weight is 382 g/mol. The predicted molar refractivity (Wildman–Crippen MR) is 109 cm³/mol. The number of fused-ring (bicyclic) bond motifs is 1. The maximum absolute atomic E-state index is 12.7. The van der Waals surface area contributed by atoms with E-state index in [2.05, 4.69) is 33.2 Å². The number of ether oxygens (including phenoxy) is 1. The number of carbonyl (C=O) groups excluding carboxylic acids is 1. The number of aryl methyl sites for hydroxylation is 1. The lowest BCUT2D eigenvalue weighted by Gasteiger charge is -2.32. The molecule has 1 aromatic carbocycles. The first kappa shape index (κ1) is 17.7. The zero-order valence-corrected chi connectivity index (χ0v) is 16.3. The van der Waals surface area contributed by atoms with Gasteiger partial charge < -0.3 is 15.0 Å². The minimum absolute atomic E-state index is 0.00676. The highest BCUT2D eigenvalue weighted by atomic mass is 32.1. The van der Waals surface area contributed by atoms with Crippen molar-refractivity contribution in [1.82, 2.24) is 9.97 Å². The Morgan fingerprint density at radius 1 is 1.26 bits per heavy atom. The smallest absolute Gasteiger partial charge is 0.227 e. The second-order valence-corrected chi connectivity index (χ2v) is 7.96. The molecule has 3 heterocycles. The number of nitrogens with zero attached hydrogens (tertiary/aromatic N) is 3. The first-order valence-corrected chi connectivity index (χ1v) is 9.87. The van der Waals surface area contributed by atoms with Gasteiger partial charge in [-0.3, -0.25) is 4.79 Å². The van der Waals surface area contributed by atoms with Crippen LogP contribution in [0.3, 0.4) is 0 Å². The van der Waals surface area contributed by atoms with Gasteiger partial charge >= 0.3 is 0 Å². The van der Waals surface area contributed by atoms with Crippen molar-refractivity contribution in [2.75, 3.05) is 30.4 Å². The molecule has 1 amide bonds. The van der Waals surface area contributed by atoms with Gasteiger partial charge in [-0.2, -0.15) is 0 Å². The van der Waals surface area contributed by atoms with Crippen molar-refractivity contribution in [3.63, 3.8) is 0 Å². The van der Waals surface area contributed by atoms with Crippen LogP contribution in [0.25, 0.3) is 10.2 Å². The molecule has 0 bridgehead atoms. The SMILES string of the molecule is COc1ccccc1NC(=O)C1CCN(c2ncnc3sc(C)cc23)CC1. The number of thiophene rings is 1. The quantitative estimate of drug-likeness (QED) is 0.742. The number of carbonyl (C=O) groups is 1. The van der Waals surface area contributed by atoms with Gasteiger partial charge in [-0.15, -0.1) is 11.3 Å². The maximum atomic E-state index is 12.7. The summed E-state index contributed by atoms with van der Waals surface area (Å²) in [6.07, 6.45) is 3.24. The largest absolute Gasteiger partial charge is 0.495 e. The van der Waals surface area contributed by atoms with Gasteiger partial charge in [0, 0.05) is 23.9 Å². The zero-order chi connectivity index (χ0) is 18.8. The van der Waals surface area contributed by atoms with Crippen LogP contribution < -0.4 is 15.0 Å². The molecule has 1 aliphatic heterocycles. The number of rotatable bonds is 4. The molecular formula is C20H22N4O2S. The summed E-state index contributed by atoms with van der Waals surface area (Å²) < 4.78 is 5.32. The lowest BCUT2D eigenvalue weighted by Crippen LogP contribution is -2.38. The van der Waals surface area contributed by atoms with Crippen molar-refractivity contribution < 1.29 is 9.53 Å². The second-order valence-electron chi connectivity index (χ2n) is 6.72. The highest BCUT2D eigenvalue weighted by Gasteiger charge is 2.27. The number of benzene rings is 1. The molecule has 1 saturated heterocycles. The molecule has 0 unspecified atom stereocenters. The van der Waals surface area contributed by atoms with Crippen LogP contribution in [0.4, 0.5) is 11.5 Å². The average Bonchev–Trinajstić information content (AvgIpc) is 3.08. The number of piperidine rings is 1. The number of hydrogen-bond donors (Lipinski definition) is 1. The molecule has 1 aliphatic rings. The van der Waals surface area contributed by atoms with Crippen LogP contribution in [0.15, 0.2) is 36.7 Å². The summed E-state index contributed by atoms with van der Waals surface area (Å²) >= 11 is 1.69. The van der Waals surface area contributed by atoms with Gasteiger partial charge in [0.1, 0.15) is 22.7 Å². The molecule has 7 heteroatoms. The third kappa shape index (κ3) is 3.60. The molecule has 140 valence electrons. The van der Waals surface area contributed by atoms with Gasteiger partial charge in [0.15, 0.2) is 0 Å². The van der Waals surface area contributed by atoms with Crippen LogP contribution in [-0.4, -0.2) is 36.1 Å². The lowest BCUT2D eigenvalue weighted by molar-refractivity contribution is -0.120. The van der Waals surface area contributed by atoms with Crippen molar-refractivity contribution in [2.45, 2.75) is 19.8 Å². The van der Waals surface area contributed by atoms with Gasteiger partial charge in [-0.05, 0) is 38.0 Å². The van der Waals surface area contributed by atoms with Crippen LogP contribution in [0.5, 0.6) is 5.75 Å². The Kier molecular flexibility index (Phi) is 4.94.